The van der Waals surface area contributed by atoms with E-state index in [1.54, 1.807) is 18.3 Å². The van der Waals surface area contributed by atoms with Crippen LogP contribution in [0.1, 0.15) is 13.3 Å². The molecule has 104 valence electrons. The Labute approximate surface area is 111 Å². The third kappa shape index (κ3) is 3.02. The Morgan fingerprint density at radius 2 is 2.21 bits per heavy atom. The van der Waals surface area contributed by atoms with Crippen molar-refractivity contribution in [1.82, 2.24) is 10.3 Å². The maximum atomic E-state index is 11.8. The van der Waals surface area contributed by atoms with Gasteiger partial charge in [0.15, 0.2) is 0 Å². The van der Waals surface area contributed by atoms with Gasteiger partial charge in [0, 0.05) is 12.7 Å². The van der Waals surface area contributed by atoms with Crippen molar-refractivity contribution in [2.45, 2.75) is 31.6 Å². The van der Waals surface area contributed by atoms with Gasteiger partial charge in [-0.2, -0.15) is 0 Å². The first-order chi connectivity index (χ1) is 9.13. The first-order valence-corrected chi connectivity index (χ1v) is 6.45. The standard InChI is InChI=1S/C13H19N3O3/c1-2-14-13(19)8-7-9(12(18)11(8)17)16-10-5-3-4-6-15-10/h3-6,8-9,11-12,17-18H,2,7H2,1H3,(H,14,19)(H,15,16)/t8-,9+,11+,12-/m1/s1. The normalized spacial score (nSPS) is 30.1. The van der Waals surface area contributed by atoms with Crippen molar-refractivity contribution in [2.24, 2.45) is 5.92 Å². The molecule has 1 fully saturated rings. The summed E-state index contributed by atoms with van der Waals surface area (Å²) in [5.41, 5.74) is 0. The number of anilines is 1. The number of carbonyl (C=O) groups is 1. The molecule has 0 aromatic carbocycles. The number of hydrogen-bond acceptors (Lipinski definition) is 5. The minimum atomic E-state index is -1.05. The molecule has 0 aliphatic heterocycles. The van der Waals surface area contributed by atoms with E-state index < -0.39 is 18.1 Å². The van der Waals surface area contributed by atoms with Gasteiger partial charge in [0.1, 0.15) is 11.9 Å². The number of amides is 1. The van der Waals surface area contributed by atoms with Crippen LogP contribution in [0.3, 0.4) is 0 Å². The molecule has 1 saturated carbocycles. The van der Waals surface area contributed by atoms with Gasteiger partial charge in [-0.1, -0.05) is 6.07 Å². The van der Waals surface area contributed by atoms with E-state index in [-0.39, 0.29) is 11.9 Å². The van der Waals surface area contributed by atoms with E-state index in [1.165, 1.54) is 0 Å². The molecule has 1 aliphatic carbocycles. The number of pyridine rings is 1. The van der Waals surface area contributed by atoms with Crippen LogP contribution >= 0.6 is 0 Å². The van der Waals surface area contributed by atoms with Crippen LogP contribution in [-0.4, -0.2) is 45.9 Å². The van der Waals surface area contributed by atoms with Crippen LogP contribution in [0.25, 0.3) is 0 Å². The van der Waals surface area contributed by atoms with Crippen LogP contribution in [0, 0.1) is 5.92 Å². The third-order valence-corrected chi connectivity index (χ3v) is 3.37. The van der Waals surface area contributed by atoms with Gasteiger partial charge in [-0.3, -0.25) is 4.79 Å². The molecule has 1 amide bonds. The van der Waals surface area contributed by atoms with Crippen LogP contribution in [0.5, 0.6) is 0 Å². The molecule has 19 heavy (non-hydrogen) atoms. The van der Waals surface area contributed by atoms with E-state index in [4.69, 9.17) is 0 Å². The second kappa shape index (κ2) is 5.99. The molecular formula is C13H19N3O3. The fourth-order valence-electron chi connectivity index (χ4n) is 2.38. The van der Waals surface area contributed by atoms with E-state index in [1.807, 2.05) is 13.0 Å². The molecule has 0 saturated heterocycles. The Morgan fingerprint density at radius 1 is 1.42 bits per heavy atom. The average Bonchev–Trinajstić information content (AvgIpc) is 2.69. The maximum Gasteiger partial charge on any atom is 0.225 e. The summed E-state index contributed by atoms with van der Waals surface area (Å²) >= 11 is 0. The van der Waals surface area contributed by atoms with Crippen LogP contribution < -0.4 is 10.6 Å². The molecular weight excluding hydrogens is 246 g/mol. The van der Waals surface area contributed by atoms with Crippen molar-refractivity contribution >= 4 is 11.7 Å². The van der Waals surface area contributed by atoms with Crippen LogP contribution in [0.2, 0.25) is 0 Å². The lowest BCUT2D eigenvalue weighted by Crippen LogP contribution is -2.39. The highest BCUT2D eigenvalue weighted by Crippen LogP contribution is 2.29. The second-order valence-corrected chi connectivity index (χ2v) is 4.68. The Morgan fingerprint density at radius 3 is 2.84 bits per heavy atom. The zero-order valence-electron chi connectivity index (χ0n) is 10.8. The molecule has 1 heterocycles. The van der Waals surface area contributed by atoms with Gasteiger partial charge >= 0.3 is 0 Å². The van der Waals surface area contributed by atoms with Crippen molar-refractivity contribution in [3.63, 3.8) is 0 Å². The summed E-state index contributed by atoms with van der Waals surface area (Å²) in [5.74, 6) is -0.189. The summed E-state index contributed by atoms with van der Waals surface area (Å²) in [6, 6.07) is 5.02. The lowest BCUT2D eigenvalue weighted by Gasteiger charge is -2.18. The number of carbonyl (C=O) groups excluding carboxylic acids is 1. The molecule has 1 aromatic rings. The Kier molecular flexibility index (Phi) is 4.34. The minimum absolute atomic E-state index is 0.223. The topological polar surface area (TPSA) is 94.5 Å². The van der Waals surface area contributed by atoms with Crippen molar-refractivity contribution in [2.75, 3.05) is 11.9 Å². The lowest BCUT2D eigenvalue weighted by atomic mass is 10.0. The minimum Gasteiger partial charge on any atom is -0.390 e. The number of nitrogens with zero attached hydrogens (tertiary/aromatic N) is 1. The molecule has 6 heteroatoms. The highest BCUT2D eigenvalue weighted by atomic mass is 16.3. The predicted molar refractivity (Wildman–Crippen MR) is 70.5 cm³/mol. The van der Waals surface area contributed by atoms with Gasteiger partial charge in [0.05, 0.1) is 18.1 Å². The van der Waals surface area contributed by atoms with Crippen molar-refractivity contribution < 1.29 is 15.0 Å². The Bertz CT molecular complexity index is 426. The van der Waals surface area contributed by atoms with Crippen LogP contribution in [0.4, 0.5) is 5.82 Å². The van der Waals surface area contributed by atoms with E-state index in [2.05, 4.69) is 15.6 Å². The summed E-state index contributed by atoms with van der Waals surface area (Å²) in [5, 5.41) is 25.6. The fourth-order valence-corrected chi connectivity index (χ4v) is 2.38. The van der Waals surface area contributed by atoms with Gasteiger partial charge in [-0.25, -0.2) is 4.98 Å². The predicted octanol–water partition coefficient (Wildman–Crippen LogP) is -0.260. The maximum absolute atomic E-state index is 11.8. The lowest BCUT2D eigenvalue weighted by molar-refractivity contribution is -0.128. The fraction of sp³-hybridized carbons (Fsp3) is 0.538. The van der Waals surface area contributed by atoms with Gasteiger partial charge in [-0.15, -0.1) is 0 Å². The number of hydrogen-bond donors (Lipinski definition) is 4. The molecule has 0 bridgehead atoms. The highest BCUT2D eigenvalue weighted by Gasteiger charge is 2.44. The smallest absolute Gasteiger partial charge is 0.225 e. The molecule has 0 radical (unpaired) electrons. The molecule has 4 N–H and O–H groups in total. The number of aromatic nitrogens is 1. The van der Waals surface area contributed by atoms with Crippen molar-refractivity contribution in [3.05, 3.63) is 24.4 Å². The summed E-state index contributed by atoms with van der Waals surface area (Å²) in [6.07, 6.45) is -0.00563. The SMILES string of the molecule is CCNC(=O)[C@@H]1C[C@H](Nc2ccccn2)[C@@H](O)[C@H]1O. The van der Waals surface area contributed by atoms with Crippen molar-refractivity contribution in [3.8, 4) is 0 Å². The summed E-state index contributed by atoms with van der Waals surface area (Å²) in [4.78, 5) is 15.9. The average molecular weight is 265 g/mol. The molecule has 4 atom stereocenters. The quantitative estimate of drug-likeness (QED) is 0.602. The zero-order valence-corrected chi connectivity index (χ0v) is 10.8. The van der Waals surface area contributed by atoms with Gasteiger partial charge in [0.25, 0.3) is 0 Å². The molecule has 1 aromatic heterocycles. The number of nitrogens with one attached hydrogen (secondary N) is 2. The molecule has 1 aliphatic rings. The summed E-state index contributed by atoms with van der Waals surface area (Å²) < 4.78 is 0. The molecule has 2 rings (SSSR count). The number of aliphatic hydroxyl groups excluding tert-OH is 2. The number of aliphatic hydroxyl groups is 2. The Balaban J connectivity index is 2.02. The first kappa shape index (κ1) is 13.8. The van der Waals surface area contributed by atoms with E-state index in [9.17, 15) is 15.0 Å². The van der Waals surface area contributed by atoms with E-state index in [0.717, 1.165) is 0 Å². The van der Waals surface area contributed by atoms with Crippen LogP contribution in [0.15, 0.2) is 24.4 Å². The van der Waals surface area contributed by atoms with Crippen LogP contribution in [-0.2, 0) is 4.79 Å². The highest BCUT2D eigenvalue weighted by molar-refractivity contribution is 5.80. The molecule has 0 unspecified atom stereocenters. The van der Waals surface area contributed by atoms with E-state index in [0.29, 0.717) is 18.8 Å². The zero-order chi connectivity index (χ0) is 13.8. The Hall–Kier alpha value is -1.66. The monoisotopic (exact) mass is 265 g/mol. The second-order valence-electron chi connectivity index (χ2n) is 4.68. The van der Waals surface area contributed by atoms with Gasteiger partial charge in [0.2, 0.25) is 5.91 Å². The molecule has 0 spiro atoms. The van der Waals surface area contributed by atoms with Gasteiger partial charge in [-0.05, 0) is 25.5 Å². The first-order valence-electron chi connectivity index (χ1n) is 6.45. The summed E-state index contributed by atoms with van der Waals surface area (Å²) in [6.45, 7) is 2.33. The molecule has 6 nitrogen and oxygen atoms in total. The van der Waals surface area contributed by atoms with Gasteiger partial charge < -0.3 is 20.8 Å². The van der Waals surface area contributed by atoms with Crippen molar-refractivity contribution in [1.29, 1.82) is 0 Å². The summed E-state index contributed by atoms with van der Waals surface area (Å²) in [7, 11) is 0. The van der Waals surface area contributed by atoms with E-state index >= 15 is 0 Å². The number of rotatable bonds is 4. The third-order valence-electron chi connectivity index (χ3n) is 3.37. The largest absolute Gasteiger partial charge is 0.390 e.